The molecule has 2 aromatic carbocycles. The van der Waals surface area contributed by atoms with Gasteiger partial charge in [0, 0.05) is 11.8 Å². The quantitative estimate of drug-likeness (QED) is 0.866. The standard InChI is InChI=1S/C17H13ClFNO3/c18-14-8-11(9-15-17(14)23-7-6-22-15)4-5-16(21)20-13-3-1-2-12(19)10-13/h1-5,8-10H,6-7H2,(H,20,21)/b5-4+. The lowest BCUT2D eigenvalue weighted by Gasteiger charge is -2.19. The molecule has 0 fully saturated rings. The minimum absolute atomic E-state index is 0.374. The summed E-state index contributed by atoms with van der Waals surface area (Å²) >= 11 is 6.13. The predicted molar refractivity (Wildman–Crippen MR) is 86.5 cm³/mol. The van der Waals surface area contributed by atoms with Gasteiger partial charge in [-0.3, -0.25) is 4.79 Å². The van der Waals surface area contributed by atoms with Gasteiger partial charge in [0.1, 0.15) is 19.0 Å². The molecule has 0 saturated carbocycles. The van der Waals surface area contributed by atoms with E-state index in [1.165, 1.54) is 24.3 Å². The molecule has 0 spiro atoms. The summed E-state index contributed by atoms with van der Waals surface area (Å²) in [5.74, 6) is 0.278. The van der Waals surface area contributed by atoms with Crippen LogP contribution in [0.2, 0.25) is 5.02 Å². The van der Waals surface area contributed by atoms with E-state index in [9.17, 15) is 9.18 Å². The number of benzene rings is 2. The van der Waals surface area contributed by atoms with Gasteiger partial charge in [-0.05, 0) is 42.0 Å². The second-order valence-corrected chi connectivity index (χ2v) is 5.27. The molecule has 0 bridgehead atoms. The van der Waals surface area contributed by atoms with Crippen LogP contribution in [0, 0.1) is 5.82 Å². The van der Waals surface area contributed by atoms with Gasteiger partial charge in [-0.1, -0.05) is 17.7 Å². The van der Waals surface area contributed by atoms with E-state index in [-0.39, 0.29) is 5.91 Å². The largest absolute Gasteiger partial charge is 0.486 e. The summed E-state index contributed by atoms with van der Waals surface area (Å²) in [6.45, 7) is 0.911. The summed E-state index contributed by atoms with van der Waals surface area (Å²) in [4.78, 5) is 11.9. The van der Waals surface area contributed by atoms with Gasteiger partial charge in [-0.2, -0.15) is 0 Å². The monoisotopic (exact) mass is 333 g/mol. The third-order valence-electron chi connectivity index (χ3n) is 3.14. The summed E-state index contributed by atoms with van der Waals surface area (Å²) in [6, 6.07) is 9.10. The number of rotatable bonds is 3. The Morgan fingerprint density at radius 2 is 2.04 bits per heavy atom. The highest BCUT2D eigenvalue weighted by atomic mass is 35.5. The van der Waals surface area contributed by atoms with E-state index in [0.29, 0.717) is 41.0 Å². The maximum atomic E-state index is 13.1. The van der Waals surface area contributed by atoms with E-state index in [0.717, 1.165) is 0 Å². The molecule has 1 heterocycles. The highest BCUT2D eigenvalue weighted by Crippen LogP contribution is 2.38. The smallest absolute Gasteiger partial charge is 0.248 e. The van der Waals surface area contributed by atoms with Gasteiger partial charge in [0.15, 0.2) is 11.5 Å². The number of carbonyl (C=O) groups is 1. The van der Waals surface area contributed by atoms with E-state index in [1.807, 2.05) is 0 Å². The van der Waals surface area contributed by atoms with Gasteiger partial charge >= 0.3 is 0 Å². The summed E-state index contributed by atoms with van der Waals surface area (Å²) in [5, 5.41) is 3.00. The summed E-state index contributed by atoms with van der Waals surface area (Å²) in [7, 11) is 0. The third-order valence-corrected chi connectivity index (χ3v) is 3.42. The molecule has 0 radical (unpaired) electrons. The van der Waals surface area contributed by atoms with Crippen LogP contribution in [0.25, 0.3) is 6.08 Å². The molecular weight excluding hydrogens is 321 g/mol. The Hall–Kier alpha value is -2.53. The van der Waals surface area contributed by atoms with Gasteiger partial charge in [-0.15, -0.1) is 0 Å². The van der Waals surface area contributed by atoms with Crippen molar-refractivity contribution in [1.29, 1.82) is 0 Å². The molecule has 1 aliphatic heterocycles. The lowest BCUT2D eigenvalue weighted by Crippen LogP contribution is -2.15. The summed E-state index contributed by atoms with van der Waals surface area (Å²) < 4.78 is 24.0. The molecule has 1 aliphatic rings. The Kier molecular flexibility index (Phi) is 4.48. The minimum atomic E-state index is -0.412. The van der Waals surface area contributed by atoms with Crippen molar-refractivity contribution >= 4 is 29.3 Å². The topological polar surface area (TPSA) is 47.6 Å². The molecule has 118 valence electrons. The first kappa shape index (κ1) is 15.4. The molecule has 0 atom stereocenters. The van der Waals surface area contributed by atoms with Crippen molar-refractivity contribution < 1.29 is 18.7 Å². The number of fused-ring (bicyclic) bond motifs is 1. The Morgan fingerprint density at radius 3 is 2.87 bits per heavy atom. The number of hydrogen-bond donors (Lipinski definition) is 1. The Balaban J connectivity index is 1.72. The zero-order valence-corrected chi connectivity index (χ0v) is 12.8. The van der Waals surface area contributed by atoms with E-state index in [2.05, 4.69) is 5.32 Å². The fourth-order valence-corrected chi connectivity index (χ4v) is 2.42. The van der Waals surface area contributed by atoms with Crippen LogP contribution >= 0.6 is 11.6 Å². The first-order chi connectivity index (χ1) is 11.1. The minimum Gasteiger partial charge on any atom is -0.486 e. The molecule has 3 rings (SSSR count). The highest BCUT2D eigenvalue weighted by Gasteiger charge is 2.15. The van der Waals surface area contributed by atoms with Gasteiger partial charge < -0.3 is 14.8 Å². The van der Waals surface area contributed by atoms with E-state index in [1.54, 1.807) is 24.3 Å². The predicted octanol–water partition coefficient (Wildman–Crippen LogP) is 3.90. The Morgan fingerprint density at radius 1 is 1.22 bits per heavy atom. The molecule has 2 aromatic rings. The SMILES string of the molecule is O=C(/C=C/c1cc(Cl)c2c(c1)OCCO2)Nc1cccc(F)c1. The number of nitrogens with one attached hydrogen (secondary N) is 1. The summed E-state index contributed by atoms with van der Waals surface area (Å²) in [6.07, 6.45) is 2.94. The average Bonchev–Trinajstić information content (AvgIpc) is 2.53. The molecule has 4 nitrogen and oxygen atoms in total. The van der Waals surface area contributed by atoms with Gasteiger partial charge in [0.2, 0.25) is 5.91 Å². The van der Waals surface area contributed by atoms with E-state index in [4.69, 9.17) is 21.1 Å². The van der Waals surface area contributed by atoms with Crippen molar-refractivity contribution in [3.8, 4) is 11.5 Å². The second-order valence-electron chi connectivity index (χ2n) is 4.86. The molecular formula is C17H13ClFNO3. The lowest BCUT2D eigenvalue weighted by atomic mass is 10.1. The average molecular weight is 334 g/mol. The summed E-state index contributed by atoms with van der Waals surface area (Å²) in [5.41, 5.74) is 1.09. The Bertz CT molecular complexity index is 776. The number of amides is 1. The molecule has 0 aromatic heterocycles. The van der Waals surface area contributed by atoms with Crippen LogP contribution < -0.4 is 14.8 Å². The zero-order valence-electron chi connectivity index (χ0n) is 12.0. The van der Waals surface area contributed by atoms with Crippen LogP contribution in [0.15, 0.2) is 42.5 Å². The first-order valence-corrected chi connectivity index (χ1v) is 7.33. The van der Waals surface area contributed by atoms with Crippen LogP contribution in [-0.2, 0) is 4.79 Å². The maximum Gasteiger partial charge on any atom is 0.248 e. The fourth-order valence-electron chi connectivity index (χ4n) is 2.15. The van der Waals surface area contributed by atoms with Crippen molar-refractivity contribution in [3.63, 3.8) is 0 Å². The molecule has 1 N–H and O–H groups in total. The number of carbonyl (C=O) groups excluding carboxylic acids is 1. The number of ether oxygens (including phenoxy) is 2. The second kappa shape index (κ2) is 6.71. The molecule has 1 amide bonds. The van der Waals surface area contributed by atoms with Crippen LogP contribution in [0.4, 0.5) is 10.1 Å². The first-order valence-electron chi connectivity index (χ1n) is 6.95. The van der Waals surface area contributed by atoms with Crippen LogP contribution in [0.1, 0.15) is 5.56 Å². The van der Waals surface area contributed by atoms with Gasteiger partial charge in [0.25, 0.3) is 0 Å². The fraction of sp³-hybridized carbons (Fsp3) is 0.118. The molecule has 6 heteroatoms. The van der Waals surface area contributed by atoms with Crippen LogP contribution in [0.3, 0.4) is 0 Å². The number of hydrogen-bond acceptors (Lipinski definition) is 3. The lowest BCUT2D eigenvalue weighted by molar-refractivity contribution is -0.111. The van der Waals surface area contributed by atoms with E-state index < -0.39 is 5.82 Å². The molecule has 0 saturated heterocycles. The zero-order chi connectivity index (χ0) is 16.2. The maximum absolute atomic E-state index is 13.1. The molecule has 0 aliphatic carbocycles. The molecule has 0 unspecified atom stereocenters. The number of anilines is 1. The van der Waals surface area contributed by atoms with Crippen molar-refractivity contribution in [2.45, 2.75) is 0 Å². The van der Waals surface area contributed by atoms with Gasteiger partial charge in [0.05, 0.1) is 5.02 Å². The van der Waals surface area contributed by atoms with Gasteiger partial charge in [-0.25, -0.2) is 4.39 Å². The van der Waals surface area contributed by atoms with Crippen molar-refractivity contribution in [3.05, 3.63) is 58.9 Å². The van der Waals surface area contributed by atoms with Crippen molar-refractivity contribution in [2.24, 2.45) is 0 Å². The van der Waals surface area contributed by atoms with Crippen LogP contribution in [0.5, 0.6) is 11.5 Å². The molecule has 23 heavy (non-hydrogen) atoms. The third kappa shape index (κ3) is 3.81. The van der Waals surface area contributed by atoms with Crippen molar-refractivity contribution in [2.75, 3.05) is 18.5 Å². The Labute approximate surface area is 137 Å². The van der Waals surface area contributed by atoms with E-state index >= 15 is 0 Å². The van der Waals surface area contributed by atoms with Crippen LogP contribution in [-0.4, -0.2) is 19.1 Å². The highest BCUT2D eigenvalue weighted by molar-refractivity contribution is 6.32. The normalized spacial score (nSPS) is 13.1. The number of halogens is 2. The van der Waals surface area contributed by atoms with Crippen molar-refractivity contribution in [1.82, 2.24) is 0 Å².